The van der Waals surface area contributed by atoms with Crippen LogP contribution in [0.5, 0.6) is 11.5 Å². The number of hydrogen-bond donors (Lipinski definition) is 0. The zero-order valence-electron chi connectivity index (χ0n) is 14.0. The van der Waals surface area contributed by atoms with Crippen molar-refractivity contribution in [3.63, 3.8) is 0 Å². The smallest absolute Gasteiger partial charge is 0.119 e. The summed E-state index contributed by atoms with van der Waals surface area (Å²) in [7, 11) is 3.37. The van der Waals surface area contributed by atoms with Gasteiger partial charge in [-0.05, 0) is 47.3 Å². The van der Waals surface area contributed by atoms with E-state index < -0.39 is 0 Å². The highest BCUT2D eigenvalue weighted by Gasteiger charge is 2.27. The quantitative estimate of drug-likeness (QED) is 0.707. The minimum atomic E-state index is -0.233. The summed E-state index contributed by atoms with van der Waals surface area (Å²) in [5, 5.41) is 2.27. The fraction of sp³-hybridized carbons (Fsp3) is 0.250. The van der Waals surface area contributed by atoms with Crippen molar-refractivity contribution in [1.29, 1.82) is 0 Å². The first-order valence-corrected chi connectivity index (χ1v) is 7.64. The van der Waals surface area contributed by atoms with Gasteiger partial charge < -0.3 is 9.47 Å². The molecule has 0 amide bonds. The zero-order valence-corrected chi connectivity index (χ0v) is 14.0. The molecule has 3 nitrogen and oxygen atoms in total. The van der Waals surface area contributed by atoms with Gasteiger partial charge in [-0.2, -0.15) is 0 Å². The molecule has 0 aliphatic rings. The molecule has 2 aromatic carbocycles. The van der Waals surface area contributed by atoms with Gasteiger partial charge in [-0.25, -0.2) is 0 Å². The number of nitrogens with zero attached hydrogens (tertiary/aromatic N) is 1. The van der Waals surface area contributed by atoms with Gasteiger partial charge in [0.15, 0.2) is 0 Å². The van der Waals surface area contributed by atoms with Crippen molar-refractivity contribution in [2.75, 3.05) is 14.2 Å². The fourth-order valence-corrected chi connectivity index (χ4v) is 2.93. The molecule has 3 aromatic rings. The molecule has 0 radical (unpaired) electrons. The summed E-state index contributed by atoms with van der Waals surface area (Å²) < 4.78 is 10.7. The van der Waals surface area contributed by atoms with Gasteiger partial charge in [0, 0.05) is 17.0 Å². The fourth-order valence-electron chi connectivity index (χ4n) is 2.93. The molecule has 0 bridgehead atoms. The lowest BCUT2D eigenvalue weighted by Gasteiger charge is -2.26. The molecule has 0 aliphatic carbocycles. The van der Waals surface area contributed by atoms with Gasteiger partial charge in [-0.15, -0.1) is 0 Å². The molecule has 23 heavy (non-hydrogen) atoms. The Hall–Kier alpha value is -2.55. The third-order valence-electron chi connectivity index (χ3n) is 4.36. The van der Waals surface area contributed by atoms with Gasteiger partial charge in [-0.1, -0.05) is 26.0 Å². The maximum atomic E-state index is 5.37. The van der Waals surface area contributed by atoms with Crippen molar-refractivity contribution in [3.8, 4) is 11.5 Å². The van der Waals surface area contributed by atoms with Gasteiger partial charge in [0.05, 0.1) is 19.9 Å². The van der Waals surface area contributed by atoms with Crippen molar-refractivity contribution in [3.05, 3.63) is 66.0 Å². The van der Waals surface area contributed by atoms with Crippen LogP contribution in [0.3, 0.4) is 0 Å². The lowest BCUT2D eigenvalue weighted by atomic mass is 9.79. The van der Waals surface area contributed by atoms with Crippen LogP contribution in [0.2, 0.25) is 0 Å². The molecule has 0 saturated carbocycles. The van der Waals surface area contributed by atoms with E-state index in [4.69, 9.17) is 9.47 Å². The van der Waals surface area contributed by atoms with E-state index in [0.717, 1.165) is 28.0 Å². The van der Waals surface area contributed by atoms with Crippen molar-refractivity contribution in [2.45, 2.75) is 19.3 Å². The molecule has 3 heteroatoms. The molecule has 3 rings (SSSR count). The number of benzene rings is 2. The molecular formula is C20H21NO2. The van der Waals surface area contributed by atoms with E-state index in [9.17, 15) is 0 Å². The van der Waals surface area contributed by atoms with Gasteiger partial charge in [0.2, 0.25) is 0 Å². The first-order valence-electron chi connectivity index (χ1n) is 7.64. The number of pyridine rings is 1. The maximum absolute atomic E-state index is 5.37. The van der Waals surface area contributed by atoms with Crippen molar-refractivity contribution in [1.82, 2.24) is 4.98 Å². The molecule has 0 spiro atoms. The molecule has 1 aromatic heterocycles. The molecule has 0 fully saturated rings. The standard InChI is InChI=1S/C20H21NO2/c1-20(2,15-6-5-7-16(13-15)22-3)19-18-9-8-17(23-4)12-14(18)10-11-21-19/h5-13H,1-4H3. The van der Waals surface area contributed by atoms with Gasteiger partial charge in [0.1, 0.15) is 11.5 Å². The number of aromatic nitrogens is 1. The topological polar surface area (TPSA) is 31.4 Å². The van der Waals surface area contributed by atoms with Crippen molar-refractivity contribution >= 4 is 10.8 Å². The zero-order chi connectivity index (χ0) is 16.4. The Morgan fingerprint density at radius 3 is 2.35 bits per heavy atom. The average Bonchev–Trinajstić information content (AvgIpc) is 2.60. The van der Waals surface area contributed by atoms with Crippen LogP contribution >= 0.6 is 0 Å². The second-order valence-corrected chi connectivity index (χ2v) is 6.10. The average molecular weight is 307 g/mol. The van der Waals surface area contributed by atoms with Crippen molar-refractivity contribution in [2.24, 2.45) is 0 Å². The van der Waals surface area contributed by atoms with E-state index in [-0.39, 0.29) is 5.41 Å². The predicted molar refractivity (Wildman–Crippen MR) is 93.4 cm³/mol. The molecule has 0 N–H and O–H groups in total. The second-order valence-electron chi connectivity index (χ2n) is 6.10. The Balaban J connectivity index is 2.17. The number of rotatable bonds is 4. The second kappa shape index (κ2) is 5.92. The largest absolute Gasteiger partial charge is 0.497 e. The van der Waals surface area contributed by atoms with E-state index in [2.05, 4.69) is 37.0 Å². The molecule has 0 unspecified atom stereocenters. The van der Waals surface area contributed by atoms with Crippen LogP contribution in [0, 0.1) is 0 Å². The monoisotopic (exact) mass is 307 g/mol. The Kier molecular flexibility index (Phi) is 3.95. The highest BCUT2D eigenvalue weighted by Crippen LogP contribution is 2.36. The van der Waals surface area contributed by atoms with Gasteiger partial charge in [0.25, 0.3) is 0 Å². The minimum Gasteiger partial charge on any atom is -0.497 e. The number of hydrogen-bond acceptors (Lipinski definition) is 3. The summed E-state index contributed by atoms with van der Waals surface area (Å²) in [5.74, 6) is 1.71. The lowest BCUT2D eigenvalue weighted by molar-refractivity contribution is 0.413. The lowest BCUT2D eigenvalue weighted by Crippen LogP contribution is -2.21. The Morgan fingerprint density at radius 1 is 0.870 bits per heavy atom. The van der Waals surface area contributed by atoms with Crippen LogP contribution in [0.15, 0.2) is 54.7 Å². The van der Waals surface area contributed by atoms with Crippen LogP contribution in [0.1, 0.15) is 25.1 Å². The molecule has 118 valence electrons. The maximum Gasteiger partial charge on any atom is 0.119 e. The van der Waals surface area contributed by atoms with E-state index in [1.54, 1.807) is 14.2 Å². The van der Waals surface area contributed by atoms with E-state index in [0.29, 0.717) is 0 Å². The summed E-state index contributed by atoms with van der Waals surface area (Å²) in [6.45, 7) is 4.38. The van der Waals surface area contributed by atoms with E-state index in [1.807, 2.05) is 36.5 Å². The minimum absolute atomic E-state index is 0.233. The third-order valence-corrected chi connectivity index (χ3v) is 4.36. The Morgan fingerprint density at radius 2 is 1.61 bits per heavy atom. The highest BCUT2D eigenvalue weighted by molar-refractivity contribution is 5.87. The normalized spacial score (nSPS) is 11.5. The van der Waals surface area contributed by atoms with Crippen LogP contribution in [-0.4, -0.2) is 19.2 Å². The van der Waals surface area contributed by atoms with E-state index >= 15 is 0 Å². The summed E-state index contributed by atoms with van der Waals surface area (Å²) >= 11 is 0. The molecule has 0 saturated heterocycles. The third kappa shape index (κ3) is 2.74. The molecule has 0 aliphatic heterocycles. The summed E-state index contributed by atoms with van der Waals surface area (Å²) in [4.78, 5) is 4.68. The molecule has 1 heterocycles. The molecule has 0 atom stereocenters. The summed E-state index contributed by atoms with van der Waals surface area (Å²) in [5.41, 5.74) is 1.99. The SMILES string of the molecule is COc1cccc(C(C)(C)c2nccc3cc(OC)ccc23)c1. The first-order chi connectivity index (χ1) is 11.1. The summed E-state index contributed by atoms with van der Waals surface area (Å²) in [6, 6.07) is 16.3. The number of methoxy groups -OCH3 is 2. The van der Waals surface area contributed by atoms with Gasteiger partial charge in [-0.3, -0.25) is 4.98 Å². The number of fused-ring (bicyclic) bond motifs is 1. The Labute approximate surface area is 136 Å². The summed E-state index contributed by atoms with van der Waals surface area (Å²) in [6.07, 6.45) is 1.86. The van der Waals surface area contributed by atoms with Gasteiger partial charge >= 0.3 is 0 Å². The van der Waals surface area contributed by atoms with E-state index in [1.165, 1.54) is 5.56 Å². The Bertz CT molecular complexity index is 840. The van der Waals surface area contributed by atoms with Crippen molar-refractivity contribution < 1.29 is 9.47 Å². The molecular weight excluding hydrogens is 286 g/mol. The predicted octanol–water partition coefficient (Wildman–Crippen LogP) is 4.58. The first kappa shape index (κ1) is 15.3. The van der Waals surface area contributed by atoms with Crippen LogP contribution in [0.25, 0.3) is 10.8 Å². The number of ether oxygens (including phenoxy) is 2. The highest BCUT2D eigenvalue weighted by atomic mass is 16.5. The van der Waals surface area contributed by atoms with Crippen LogP contribution in [-0.2, 0) is 5.41 Å². The van der Waals surface area contributed by atoms with Crippen LogP contribution < -0.4 is 9.47 Å². The van der Waals surface area contributed by atoms with Crippen LogP contribution in [0.4, 0.5) is 0 Å².